The van der Waals surface area contributed by atoms with E-state index in [2.05, 4.69) is 4.74 Å². The number of aliphatic hydroxyl groups excluding tert-OH is 1. The Balaban J connectivity index is 3.93. The van der Waals surface area contributed by atoms with Crippen LogP contribution >= 0.6 is 0 Å². The normalized spacial score (nSPS) is 14.4. The maximum Gasteiger partial charge on any atom is 0.414 e. The molecule has 0 spiro atoms. The molecule has 13 heavy (non-hydrogen) atoms. The zero-order chi connectivity index (χ0) is 10.6. The van der Waals surface area contributed by atoms with Gasteiger partial charge in [0, 0.05) is 0 Å². The lowest BCUT2D eigenvalue weighted by Crippen LogP contribution is -2.32. The molecule has 0 aliphatic rings. The van der Waals surface area contributed by atoms with Gasteiger partial charge in [-0.1, -0.05) is 0 Å². The van der Waals surface area contributed by atoms with Crippen LogP contribution in [0, 0.1) is 0 Å². The van der Waals surface area contributed by atoms with Crippen LogP contribution in [-0.4, -0.2) is 29.5 Å². The molecule has 0 saturated heterocycles. The van der Waals surface area contributed by atoms with Crippen LogP contribution in [0.15, 0.2) is 0 Å². The summed E-state index contributed by atoms with van der Waals surface area (Å²) < 4.78 is 39.5. The van der Waals surface area contributed by atoms with Gasteiger partial charge in [0.05, 0.1) is 12.5 Å². The van der Waals surface area contributed by atoms with Gasteiger partial charge in [0.1, 0.15) is 0 Å². The van der Waals surface area contributed by atoms with E-state index in [0.29, 0.717) is 0 Å². The predicted octanol–water partition coefficient (Wildman–Crippen LogP) is 1.25. The first-order valence-corrected chi connectivity index (χ1v) is 3.67. The second kappa shape index (κ2) is 4.45. The number of esters is 1. The Kier molecular flexibility index (Phi) is 4.19. The molecule has 0 aliphatic heterocycles. The highest BCUT2D eigenvalue weighted by atomic mass is 19.4. The number of carbonyl (C=O) groups is 1. The molecule has 0 radical (unpaired) electrons. The van der Waals surface area contributed by atoms with E-state index in [4.69, 9.17) is 5.11 Å². The van der Waals surface area contributed by atoms with Crippen molar-refractivity contribution in [1.29, 1.82) is 0 Å². The van der Waals surface area contributed by atoms with Crippen LogP contribution in [0.5, 0.6) is 0 Å². The number of alkyl halides is 3. The summed E-state index contributed by atoms with van der Waals surface area (Å²) in [7, 11) is 0. The Bertz CT molecular complexity index is 176. The van der Waals surface area contributed by atoms with Crippen molar-refractivity contribution >= 4 is 5.97 Å². The maximum atomic E-state index is 11.7. The molecule has 6 heteroatoms. The van der Waals surface area contributed by atoms with Crippen molar-refractivity contribution in [1.82, 2.24) is 0 Å². The Hall–Kier alpha value is -0.780. The van der Waals surface area contributed by atoms with Crippen molar-refractivity contribution in [3.8, 4) is 0 Å². The van der Waals surface area contributed by atoms with Gasteiger partial charge >= 0.3 is 12.1 Å². The van der Waals surface area contributed by atoms with Gasteiger partial charge in [-0.05, 0) is 13.8 Å². The molecule has 0 bridgehead atoms. The van der Waals surface area contributed by atoms with E-state index in [0.717, 1.165) is 0 Å². The highest BCUT2D eigenvalue weighted by molar-refractivity contribution is 5.70. The molecule has 0 aromatic carbocycles. The minimum absolute atomic E-state index is 0.479. The summed E-state index contributed by atoms with van der Waals surface area (Å²) >= 11 is 0. The topological polar surface area (TPSA) is 46.5 Å². The van der Waals surface area contributed by atoms with Crippen molar-refractivity contribution in [3.05, 3.63) is 0 Å². The number of halogens is 3. The highest BCUT2D eigenvalue weighted by Crippen LogP contribution is 2.22. The van der Waals surface area contributed by atoms with Gasteiger partial charge in [-0.3, -0.25) is 4.79 Å². The average molecular weight is 200 g/mol. The first kappa shape index (κ1) is 12.2. The molecule has 1 N–H and O–H groups in total. The van der Waals surface area contributed by atoms with Crippen LogP contribution in [0.2, 0.25) is 0 Å². The van der Waals surface area contributed by atoms with Crippen molar-refractivity contribution in [2.24, 2.45) is 0 Å². The monoisotopic (exact) mass is 200 g/mol. The SMILES string of the molecule is CC(C)OC(=O)CC(O)C(F)(F)F. The van der Waals surface area contributed by atoms with Crippen LogP contribution < -0.4 is 0 Å². The maximum absolute atomic E-state index is 11.7. The van der Waals surface area contributed by atoms with Crippen LogP contribution in [0.4, 0.5) is 13.2 Å². The van der Waals surface area contributed by atoms with E-state index in [1.54, 1.807) is 0 Å². The number of rotatable bonds is 3. The first-order valence-electron chi connectivity index (χ1n) is 3.67. The lowest BCUT2D eigenvalue weighted by atomic mass is 10.2. The lowest BCUT2D eigenvalue weighted by Gasteiger charge is -2.14. The molecule has 0 rings (SSSR count). The Labute approximate surface area is 73.5 Å². The second-order valence-electron chi connectivity index (χ2n) is 2.80. The number of carbonyl (C=O) groups excluding carboxylic acids is 1. The first-order chi connectivity index (χ1) is 5.73. The quantitative estimate of drug-likeness (QED) is 0.697. The van der Waals surface area contributed by atoms with E-state index in [9.17, 15) is 18.0 Å². The largest absolute Gasteiger partial charge is 0.463 e. The Morgan fingerprint density at radius 1 is 1.46 bits per heavy atom. The van der Waals surface area contributed by atoms with Crippen LogP contribution in [0.1, 0.15) is 20.3 Å². The molecule has 78 valence electrons. The van der Waals surface area contributed by atoms with Gasteiger partial charge in [0.25, 0.3) is 0 Å². The van der Waals surface area contributed by atoms with Crippen molar-refractivity contribution in [3.63, 3.8) is 0 Å². The van der Waals surface area contributed by atoms with Crippen LogP contribution in [-0.2, 0) is 9.53 Å². The molecule has 0 saturated carbocycles. The summed E-state index contributed by atoms with van der Waals surface area (Å²) in [4.78, 5) is 10.6. The van der Waals surface area contributed by atoms with E-state index in [1.165, 1.54) is 13.8 Å². The van der Waals surface area contributed by atoms with Gasteiger partial charge in [-0.15, -0.1) is 0 Å². The number of aliphatic hydroxyl groups is 1. The molecule has 0 amide bonds. The molecule has 0 aromatic heterocycles. The summed E-state index contributed by atoms with van der Waals surface area (Å²) in [5.74, 6) is -1.06. The molecule has 0 aromatic rings. The van der Waals surface area contributed by atoms with Gasteiger partial charge in [0.2, 0.25) is 0 Å². The summed E-state index contributed by atoms with van der Waals surface area (Å²) in [6.07, 6.45) is -8.94. The van der Waals surface area contributed by atoms with E-state index < -0.39 is 30.8 Å². The van der Waals surface area contributed by atoms with Crippen molar-refractivity contribution in [2.45, 2.75) is 38.7 Å². The van der Waals surface area contributed by atoms with E-state index >= 15 is 0 Å². The van der Waals surface area contributed by atoms with Gasteiger partial charge in [-0.2, -0.15) is 13.2 Å². The summed E-state index contributed by atoms with van der Waals surface area (Å²) in [6, 6.07) is 0. The standard InChI is InChI=1S/C7H11F3O3/c1-4(2)13-6(12)3-5(11)7(8,9)10/h4-5,11H,3H2,1-2H3. The fourth-order valence-electron chi connectivity index (χ4n) is 0.585. The van der Waals surface area contributed by atoms with Crippen LogP contribution in [0.25, 0.3) is 0 Å². The molecule has 1 atom stereocenters. The zero-order valence-electron chi connectivity index (χ0n) is 7.26. The lowest BCUT2D eigenvalue weighted by molar-refractivity contribution is -0.210. The second-order valence-corrected chi connectivity index (χ2v) is 2.80. The average Bonchev–Trinajstić information content (AvgIpc) is 1.82. The van der Waals surface area contributed by atoms with Gasteiger partial charge in [-0.25, -0.2) is 0 Å². The van der Waals surface area contributed by atoms with Crippen LogP contribution in [0.3, 0.4) is 0 Å². The third kappa shape index (κ3) is 5.46. The summed E-state index contributed by atoms with van der Waals surface area (Å²) in [5, 5.41) is 8.44. The number of hydrogen-bond donors (Lipinski definition) is 1. The number of ether oxygens (including phenoxy) is 1. The Morgan fingerprint density at radius 2 is 1.92 bits per heavy atom. The smallest absolute Gasteiger partial charge is 0.414 e. The van der Waals surface area contributed by atoms with Crippen molar-refractivity contribution in [2.75, 3.05) is 0 Å². The molecular formula is C7H11F3O3. The summed E-state index contributed by atoms with van der Waals surface area (Å²) in [6.45, 7) is 3.02. The molecule has 0 aliphatic carbocycles. The fraction of sp³-hybridized carbons (Fsp3) is 0.857. The van der Waals surface area contributed by atoms with Gasteiger partial charge < -0.3 is 9.84 Å². The third-order valence-corrected chi connectivity index (χ3v) is 1.11. The van der Waals surface area contributed by atoms with E-state index in [-0.39, 0.29) is 0 Å². The molecule has 3 nitrogen and oxygen atoms in total. The van der Waals surface area contributed by atoms with Crippen molar-refractivity contribution < 1.29 is 27.8 Å². The molecule has 1 unspecified atom stereocenters. The third-order valence-electron chi connectivity index (χ3n) is 1.11. The zero-order valence-corrected chi connectivity index (χ0v) is 7.26. The molecule has 0 fully saturated rings. The Morgan fingerprint density at radius 3 is 2.23 bits per heavy atom. The fourth-order valence-corrected chi connectivity index (χ4v) is 0.585. The van der Waals surface area contributed by atoms with Gasteiger partial charge in [0.15, 0.2) is 6.10 Å². The highest BCUT2D eigenvalue weighted by Gasteiger charge is 2.39. The predicted molar refractivity (Wildman–Crippen MR) is 37.9 cm³/mol. The molecular weight excluding hydrogens is 189 g/mol. The minimum atomic E-state index is -4.77. The summed E-state index contributed by atoms with van der Waals surface area (Å²) in [5.41, 5.74) is 0. The van der Waals surface area contributed by atoms with E-state index in [1.807, 2.05) is 0 Å². The molecule has 0 heterocycles. The minimum Gasteiger partial charge on any atom is -0.463 e. The number of hydrogen-bond acceptors (Lipinski definition) is 3.